The van der Waals surface area contributed by atoms with Crippen molar-refractivity contribution < 1.29 is 4.74 Å². The van der Waals surface area contributed by atoms with Gasteiger partial charge in [-0.15, -0.1) is 0 Å². The molecule has 0 saturated heterocycles. The van der Waals surface area contributed by atoms with Gasteiger partial charge in [0.05, 0.1) is 11.6 Å². The van der Waals surface area contributed by atoms with E-state index in [0.717, 1.165) is 22.6 Å². The van der Waals surface area contributed by atoms with Gasteiger partial charge < -0.3 is 4.74 Å². The maximum Gasteiger partial charge on any atom is 0.133 e. The highest BCUT2D eigenvalue weighted by Crippen LogP contribution is 2.29. The molecule has 2 heteroatoms. The van der Waals surface area contributed by atoms with Crippen molar-refractivity contribution in [1.82, 2.24) is 0 Å². The summed E-state index contributed by atoms with van der Waals surface area (Å²) >= 11 is 0. The molecule has 0 aliphatic heterocycles. The highest BCUT2D eigenvalue weighted by atomic mass is 16.5. The number of ether oxygens (including phenoxy) is 1. The van der Waals surface area contributed by atoms with E-state index in [1.807, 2.05) is 26.0 Å². The Morgan fingerprint density at radius 3 is 2.00 bits per heavy atom. The quantitative estimate of drug-likeness (QED) is 0.781. The molecule has 90 valence electrons. The molecule has 0 N–H and O–H groups in total. The van der Waals surface area contributed by atoms with E-state index >= 15 is 0 Å². The van der Waals surface area contributed by atoms with E-state index < -0.39 is 0 Å². The third-order valence-electron chi connectivity index (χ3n) is 2.81. The average molecular weight is 237 g/mol. The molecule has 0 radical (unpaired) electrons. The van der Waals surface area contributed by atoms with Crippen LogP contribution in [0.5, 0.6) is 11.5 Å². The molecule has 0 aliphatic carbocycles. The van der Waals surface area contributed by atoms with Gasteiger partial charge in [0.25, 0.3) is 0 Å². The van der Waals surface area contributed by atoms with Crippen molar-refractivity contribution in [2.24, 2.45) is 0 Å². The minimum absolute atomic E-state index is 0.639. The van der Waals surface area contributed by atoms with Crippen LogP contribution in [-0.2, 0) is 0 Å². The van der Waals surface area contributed by atoms with E-state index in [0.29, 0.717) is 5.56 Å². The molecule has 0 fully saturated rings. The minimum atomic E-state index is 0.639. The minimum Gasteiger partial charge on any atom is -0.457 e. The van der Waals surface area contributed by atoms with E-state index in [1.54, 1.807) is 12.1 Å². The van der Waals surface area contributed by atoms with Gasteiger partial charge >= 0.3 is 0 Å². The van der Waals surface area contributed by atoms with Crippen molar-refractivity contribution in [1.29, 1.82) is 5.26 Å². The summed E-state index contributed by atoms with van der Waals surface area (Å²) in [7, 11) is 0. The maximum atomic E-state index is 8.75. The van der Waals surface area contributed by atoms with Crippen LogP contribution in [0, 0.1) is 32.1 Å². The second-order valence-corrected chi connectivity index (χ2v) is 4.47. The molecule has 18 heavy (non-hydrogen) atoms. The van der Waals surface area contributed by atoms with Crippen LogP contribution in [0.3, 0.4) is 0 Å². The van der Waals surface area contributed by atoms with Gasteiger partial charge in [0, 0.05) is 0 Å². The summed E-state index contributed by atoms with van der Waals surface area (Å²) in [5.41, 5.74) is 4.12. The molecule has 0 aliphatic rings. The summed E-state index contributed by atoms with van der Waals surface area (Å²) in [6.45, 7) is 6.16. The van der Waals surface area contributed by atoms with E-state index in [4.69, 9.17) is 10.00 Å². The summed E-state index contributed by atoms with van der Waals surface area (Å²) in [5.74, 6) is 1.65. The normalized spacial score (nSPS) is 9.89. The summed E-state index contributed by atoms with van der Waals surface area (Å²) in [5, 5.41) is 8.75. The van der Waals surface area contributed by atoms with Crippen LogP contribution >= 0.6 is 0 Å². The molecule has 0 unspecified atom stereocenters. The number of hydrogen-bond acceptors (Lipinski definition) is 2. The predicted molar refractivity (Wildman–Crippen MR) is 71.9 cm³/mol. The van der Waals surface area contributed by atoms with Crippen molar-refractivity contribution in [2.75, 3.05) is 0 Å². The van der Waals surface area contributed by atoms with Gasteiger partial charge in [0.1, 0.15) is 11.5 Å². The Bertz CT molecular complexity index is 583. The Balaban J connectivity index is 2.31. The molecule has 2 nitrogen and oxygen atoms in total. The number of benzene rings is 2. The third kappa shape index (κ3) is 2.52. The van der Waals surface area contributed by atoms with Crippen LogP contribution < -0.4 is 4.74 Å². The van der Waals surface area contributed by atoms with Crippen LogP contribution in [0.4, 0.5) is 0 Å². The molecule has 2 aromatic rings. The lowest BCUT2D eigenvalue weighted by Gasteiger charge is -2.12. The lowest BCUT2D eigenvalue weighted by Crippen LogP contribution is -1.92. The first-order chi connectivity index (χ1) is 8.60. The van der Waals surface area contributed by atoms with Crippen molar-refractivity contribution in [3.05, 3.63) is 58.7 Å². The Morgan fingerprint density at radius 1 is 0.944 bits per heavy atom. The Hall–Kier alpha value is -2.27. The maximum absolute atomic E-state index is 8.75. The highest BCUT2D eigenvalue weighted by Gasteiger charge is 2.06. The summed E-state index contributed by atoms with van der Waals surface area (Å²) < 4.78 is 5.88. The summed E-state index contributed by atoms with van der Waals surface area (Å²) in [4.78, 5) is 0. The molecule has 0 atom stereocenters. The molecule has 0 heterocycles. The highest BCUT2D eigenvalue weighted by molar-refractivity contribution is 5.46. The molecule has 0 bridgehead atoms. The second-order valence-electron chi connectivity index (χ2n) is 4.47. The topological polar surface area (TPSA) is 33.0 Å². The summed E-state index contributed by atoms with van der Waals surface area (Å²) in [6, 6.07) is 13.4. The zero-order valence-electron chi connectivity index (χ0n) is 10.8. The zero-order chi connectivity index (χ0) is 13.1. The molecular weight excluding hydrogens is 222 g/mol. The fourth-order valence-electron chi connectivity index (χ4n) is 2.04. The lowest BCUT2D eigenvalue weighted by molar-refractivity contribution is 0.475. The van der Waals surface area contributed by atoms with Gasteiger partial charge in [0.15, 0.2) is 0 Å². The van der Waals surface area contributed by atoms with E-state index in [1.165, 1.54) is 5.56 Å². The molecule has 2 rings (SSSR count). The van der Waals surface area contributed by atoms with Crippen molar-refractivity contribution in [3.63, 3.8) is 0 Å². The number of aryl methyl sites for hydroxylation is 3. The molecular formula is C16H15NO. The molecule has 0 amide bonds. The first kappa shape index (κ1) is 12.2. The van der Waals surface area contributed by atoms with Gasteiger partial charge in [-0.05, 0) is 56.2 Å². The van der Waals surface area contributed by atoms with Crippen LogP contribution in [0.1, 0.15) is 22.3 Å². The molecule has 2 aromatic carbocycles. The Labute approximate surface area is 107 Å². The first-order valence-corrected chi connectivity index (χ1v) is 5.86. The van der Waals surface area contributed by atoms with E-state index in [9.17, 15) is 0 Å². The van der Waals surface area contributed by atoms with Gasteiger partial charge in [-0.25, -0.2) is 0 Å². The van der Waals surface area contributed by atoms with Crippen LogP contribution in [0.2, 0.25) is 0 Å². The fraction of sp³-hybridized carbons (Fsp3) is 0.188. The SMILES string of the molecule is Cc1cc(C)c(Oc2ccc(C#N)cc2)c(C)c1. The number of nitriles is 1. The smallest absolute Gasteiger partial charge is 0.133 e. The number of rotatable bonds is 2. The summed E-state index contributed by atoms with van der Waals surface area (Å²) in [6.07, 6.45) is 0. The average Bonchev–Trinajstić information content (AvgIpc) is 2.34. The van der Waals surface area contributed by atoms with E-state index in [2.05, 4.69) is 25.1 Å². The third-order valence-corrected chi connectivity index (χ3v) is 2.81. The van der Waals surface area contributed by atoms with Crippen molar-refractivity contribution in [2.45, 2.75) is 20.8 Å². The van der Waals surface area contributed by atoms with Gasteiger partial charge in [-0.2, -0.15) is 5.26 Å². The van der Waals surface area contributed by atoms with Gasteiger partial charge in [-0.3, -0.25) is 0 Å². The van der Waals surface area contributed by atoms with Gasteiger partial charge in [0.2, 0.25) is 0 Å². The number of hydrogen-bond donors (Lipinski definition) is 0. The van der Waals surface area contributed by atoms with Gasteiger partial charge in [-0.1, -0.05) is 17.7 Å². The standard InChI is InChI=1S/C16H15NO/c1-11-8-12(2)16(13(3)9-11)18-15-6-4-14(10-17)5-7-15/h4-9H,1-3H3. The van der Waals surface area contributed by atoms with Crippen LogP contribution in [-0.4, -0.2) is 0 Å². The zero-order valence-corrected chi connectivity index (χ0v) is 10.8. The van der Waals surface area contributed by atoms with Crippen molar-refractivity contribution >= 4 is 0 Å². The first-order valence-electron chi connectivity index (χ1n) is 5.86. The predicted octanol–water partition coefficient (Wildman–Crippen LogP) is 4.28. The van der Waals surface area contributed by atoms with Crippen LogP contribution in [0.15, 0.2) is 36.4 Å². The molecule has 0 saturated carbocycles. The Morgan fingerprint density at radius 2 is 1.50 bits per heavy atom. The lowest BCUT2D eigenvalue weighted by atomic mass is 10.1. The van der Waals surface area contributed by atoms with Crippen molar-refractivity contribution in [3.8, 4) is 17.6 Å². The Kier molecular flexibility index (Phi) is 3.34. The molecule has 0 aromatic heterocycles. The fourth-order valence-corrected chi connectivity index (χ4v) is 2.04. The number of nitrogens with zero attached hydrogens (tertiary/aromatic N) is 1. The largest absolute Gasteiger partial charge is 0.457 e. The molecule has 0 spiro atoms. The van der Waals surface area contributed by atoms with Crippen LogP contribution in [0.25, 0.3) is 0 Å². The van der Waals surface area contributed by atoms with E-state index in [-0.39, 0.29) is 0 Å². The second kappa shape index (κ2) is 4.93. The monoisotopic (exact) mass is 237 g/mol.